The molecule has 5 nitrogen and oxygen atoms in total. The Morgan fingerprint density at radius 2 is 2.12 bits per heavy atom. The van der Waals surface area contributed by atoms with E-state index < -0.39 is 10.0 Å². The minimum absolute atomic E-state index is 0. The third kappa shape index (κ3) is 3.30. The number of nitrogens with zero attached hydrogens (tertiary/aromatic N) is 1. The maximum atomic E-state index is 11.9. The molecule has 0 aromatic carbocycles. The quantitative estimate of drug-likeness (QED) is 0.781. The van der Waals surface area contributed by atoms with E-state index in [0.717, 1.165) is 19.3 Å². The monoisotopic (exact) mass is 270 g/mol. The smallest absolute Gasteiger partial charge is 0.216 e. The van der Waals surface area contributed by atoms with Crippen LogP contribution in [-0.4, -0.2) is 50.3 Å². The largest absolute Gasteiger partial charge is 0.377 e. The third-order valence-corrected chi connectivity index (χ3v) is 4.91. The standard InChI is InChI=1S/C9H18N2O3S.ClH/c10-8-3-4-11(6-8)15(12,13)7-9-2-1-5-14-9;/h8-9H,1-7,10H2;1H/t8-,9?;/m1./s1. The summed E-state index contributed by atoms with van der Waals surface area (Å²) in [4.78, 5) is 0. The van der Waals surface area contributed by atoms with Gasteiger partial charge in [-0.3, -0.25) is 0 Å². The van der Waals surface area contributed by atoms with Crippen LogP contribution in [0.25, 0.3) is 0 Å². The van der Waals surface area contributed by atoms with Gasteiger partial charge in [-0.25, -0.2) is 12.7 Å². The van der Waals surface area contributed by atoms with Crippen molar-refractivity contribution in [2.45, 2.75) is 31.4 Å². The second-order valence-electron chi connectivity index (χ2n) is 4.32. The molecular formula is C9H19ClN2O3S. The number of rotatable bonds is 3. The highest BCUT2D eigenvalue weighted by Crippen LogP contribution is 2.18. The molecule has 2 fully saturated rings. The molecule has 96 valence electrons. The Morgan fingerprint density at radius 1 is 1.38 bits per heavy atom. The molecule has 0 amide bonds. The van der Waals surface area contributed by atoms with E-state index in [1.54, 1.807) is 0 Å². The fourth-order valence-corrected chi connectivity index (χ4v) is 3.87. The lowest BCUT2D eigenvalue weighted by molar-refractivity contribution is 0.126. The summed E-state index contributed by atoms with van der Waals surface area (Å²) < 4.78 is 30.7. The second-order valence-corrected chi connectivity index (χ2v) is 6.33. The Kier molecular flexibility index (Phi) is 5.00. The van der Waals surface area contributed by atoms with Gasteiger partial charge in [-0.1, -0.05) is 0 Å². The number of hydrogen-bond donors (Lipinski definition) is 1. The van der Waals surface area contributed by atoms with Crippen LogP contribution in [-0.2, 0) is 14.8 Å². The Hall–Kier alpha value is 0.120. The molecule has 16 heavy (non-hydrogen) atoms. The van der Waals surface area contributed by atoms with E-state index >= 15 is 0 Å². The van der Waals surface area contributed by atoms with E-state index in [2.05, 4.69) is 0 Å². The third-order valence-electron chi connectivity index (χ3n) is 3.00. The van der Waals surface area contributed by atoms with Crippen molar-refractivity contribution < 1.29 is 13.2 Å². The molecular weight excluding hydrogens is 252 g/mol. The highest BCUT2D eigenvalue weighted by molar-refractivity contribution is 7.89. The first-order chi connectivity index (χ1) is 7.08. The summed E-state index contributed by atoms with van der Waals surface area (Å²) >= 11 is 0. The summed E-state index contributed by atoms with van der Waals surface area (Å²) in [6, 6.07) is 0.00396. The Labute approximate surface area is 103 Å². The van der Waals surface area contributed by atoms with Gasteiger partial charge in [-0.2, -0.15) is 0 Å². The first-order valence-corrected chi connectivity index (χ1v) is 7.04. The van der Waals surface area contributed by atoms with Gasteiger partial charge >= 0.3 is 0 Å². The van der Waals surface area contributed by atoms with Crippen LogP contribution in [0.5, 0.6) is 0 Å². The zero-order valence-corrected chi connectivity index (χ0v) is 10.8. The normalized spacial score (nSPS) is 31.6. The number of ether oxygens (including phenoxy) is 1. The molecule has 2 heterocycles. The average Bonchev–Trinajstić information content (AvgIpc) is 2.75. The van der Waals surface area contributed by atoms with Crippen molar-refractivity contribution in [3.8, 4) is 0 Å². The molecule has 0 saturated carbocycles. The zero-order valence-electron chi connectivity index (χ0n) is 9.17. The topological polar surface area (TPSA) is 72.6 Å². The van der Waals surface area contributed by atoms with Gasteiger partial charge in [0.1, 0.15) is 0 Å². The summed E-state index contributed by atoms with van der Waals surface area (Å²) in [6.07, 6.45) is 2.50. The number of halogens is 1. The van der Waals surface area contributed by atoms with E-state index in [1.165, 1.54) is 4.31 Å². The highest BCUT2D eigenvalue weighted by Gasteiger charge is 2.32. The molecule has 2 aliphatic heterocycles. The summed E-state index contributed by atoms with van der Waals surface area (Å²) in [6.45, 7) is 1.73. The van der Waals surface area contributed by atoms with Crippen molar-refractivity contribution in [2.75, 3.05) is 25.4 Å². The van der Waals surface area contributed by atoms with E-state index in [9.17, 15) is 8.42 Å². The van der Waals surface area contributed by atoms with Gasteiger partial charge in [0.2, 0.25) is 10.0 Å². The van der Waals surface area contributed by atoms with Crippen LogP contribution in [0.4, 0.5) is 0 Å². The zero-order chi connectivity index (χ0) is 10.9. The van der Waals surface area contributed by atoms with Crippen molar-refractivity contribution in [3.63, 3.8) is 0 Å². The molecule has 2 rings (SSSR count). The lowest BCUT2D eigenvalue weighted by atomic mass is 10.3. The van der Waals surface area contributed by atoms with Crippen LogP contribution < -0.4 is 5.73 Å². The minimum atomic E-state index is -3.15. The highest BCUT2D eigenvalue weighted by atomic mass is 35.5. The van der Waals surface area contributed by atoms with Gasteiger partial charge in [0, 0.05) is 25.7 Å². The predicted octanol–water partition coefficient (Wildman–Crippen LogP) is -0.0500. The summed E-state index contributed by atoms with van der Waals surface area (Å²) in [7, 11) is -3.15. The number of hydrogen-bond acceptors (Lipinski definition) is 4. The average molecular weight is 271 g/mol. The predicted molar refractivity (Wildman–Crippen MR) is 64.2 cm³/mol. The molecule has 2 saturated heterocycles. The fourth-order valence-electron chi connectivity index (χ4n) is 2.12. The van der Waals surface area contributed by atoms with Crippen LogP contribution in [0.15, 0.2) is 0 Å². The van der Waals surface area contributed by atoms with Crippen molar-refractivity contribution >= 4 is 22.4 Å². The van der Waals surface area contributed by atoms with Crippen LogP contribution in [0.3, 0.4) is 0 Å². The van der Waals surface area contributed by atoms with Crippen molar-refractivity contribution in [1.82, 2.24) is 4.31 Å². The first kappa shape index (κ1) is 14.2. The molecule has 0 radical (unpaired) electrons. The number of nitrogens with two attached hydrogens (primary N) is 1. The molecule has 0 bridgehead atoms. The van der Waals surface area contributed by atoms with E-state index in [0.29, 0.717) is 19.7 Å². The molecule has 2 N–H and O–H groups in total. The molecule has 2 atom stereocenters. The van der Waals surface area contributed by atoms with Crippen molar-refractivity contribution in [1.29, 1.82) is 0 Å². The van der Waals surface area contributed by atoms with Crippen molar-refractivity contribution in [3.05, 3.63) is 0 Å². The van der Waals surface area contributed by atoms with Gasteiger partial charge in [0.15, 0.2) is 0 Å². The van der Waals surface area contributed by atoms with Gasteiger partial charge in [-0.05, 0) is 19.3 Å². The van der Waals surface area contributed by atoms with Crippen LogP contribution in [0.1, 0.15) is 19.3 Å². The molecule has 0 aromatic rings. The molecule has 0 spiro atoms. The minimum Gasteiger partial charge on any atom is -0.377 e. The van der Waals surface area contributed by atoms with E-state index in [-0.39, 0.29) is 30.3 Å². The van der Waals surface area contributed by atoms with E-state index in [4.69, 9.17) is 10.5 Å². The van der Waals surface area contributed by atoms with Gasteiger partial charge in [0.25, 0.3) is 0 Å². The summed E-state index contributed by atoms with van der Waals surface area (Å²) in [5.74, 6) is 0.125. The Bertz CT molecular complexity index is 317. The molecule has 0 aromatic heterocycles. The van der Waals surface area contributed by atoms with E-state index in [1.807, 2.05) is 0 Å². The maximum absolute atomic E-state index is 11.9. The van der Waals surface area contributed by atoms with Gasteiger partial charge in [0.05, 0.1) is 11.9 Å². The second kappa shape index (κ2) is 5.64. The Morgan fingerprint density at radius 3 is 2.62 bits per heavy atom. The molecule has 7 heteroatoms. The SMILES string of the molecule is Cl.N[C@@H]1CCN(S(=O)(=O)CC2CCCO2)C1. The fraction of sp³-hybridized carbons (Fsp3) is 1.00. The summed E-state index contributed by atoms with van der Waals surface area (Å²) in [5.41, 5.74) is 5.69. The molecule has 1 unspecified atom stereocenters. The van der Waals surface area contributed by atoms with Crippen LogP contribution in [0, 0.1) is 0 Å². The molecule has 0 aliphatic carbocycles. The maximum Gasteiger partial charge on any atom is 0.216 e. The van der Waals surface area contributed by atoms with Gasteiger partial charge in [-0.15, -0.1) is 12.4 Å². The molecule has 2 aliphatic rings. The van der Waals surface area contributed by atoms with Crippen LogP contribution in [0.2, 0.25) is 0 Å². The van der Waals surface area contributed by atoms with Crippen molar-refractivity contribution in [2.24, 2.45) is 5.73 Å². The lowest BCUT2D eigenvalue weighted by Crippen LogP contribution is -2.36. The first-order valence-electron chi connectivity index (χ1n) is 5.43. The van der Waals surface area contributed by atoms with Crippen LogP contribution >= 0.6 is 12.4 Å². The summed E-state index contributed by atoms with van der Waals surface area (Å²) in [5, 5.41) is 0. The lowest BCUT2D eigenvalue weighted by Gasteiger charge is -2.18. The number of sulfonamides is 1. The van der Waals surface area contributed by atoms with Gasteiger partial charge < -0.3 is 10.5 Å². The Balaban J connectivity index is 0.00000128.